The first-order chi connectivity index (χ1) is 15.3. The second-order valence-electron chi connectivity index (χ2n) is 8.34. The third-order valence-corrected chi connectivity index (χ3v) is 6.12. The highest BCUT2D eigenvalue weighted by Gasteiger charge is 2.38. The predicted octanol–water partition coefficient (Wildman–Crippen LogP) is 4.72. The molecule has 4 N–H and O–H groups in total. The number of rotatable bonds is 8. The van der Waals surface area contributed by atoms with Crippen LogP contribution in [0.2, 0.25) is 0 Å². The van der Waals surface area contributed by atoms with E-state index in [1.54, 1.807) is 13.0 Å². The minimum absolute atomic E-state index is 0.0866. The summed E-state index contributed by atoms with van der Waals surface area (Å²) in [5, 5.41) is 4.00. The summed E-state index contributed by atoms with van der Waals surface area (Å²) in [5.74, 6) is 0.138. The molecule has 0 unspecified atom stereocenters. The van der Waals surface area contributed by atoms with Crippen molar-refractivity contribution in [2.24, 2.45) is 10.9 Å². The summed E-state index contributed by atoms with van der Waals surface area (Å²) >= 11 is 0. The highest BCUT2D eigenvalue weighted by Crippen LogP contribution is 2.43. The van der Waals surface area contributed by atoms with Gasteiger partial charge in [-0.1, -0.05) is 41.6 Å². The molecule has 0 spiro atoms. The van der Waals surface area contributed by atoms with Crippen molar-refractivity contribution >= 4 is 13.5 Å². The first-order valence-electron chi connectivity index (χ1n) is 10.3. The van der Waals surface area contributed by atoms with Crippen LogP contribution in [0.1, 0.15) is 54.4 Å². The van der Waals surface area contributed by atoms with Crippen molar-refractivity contribution in [3.05, 3.63) is 70.8 Å². The molecule has 0 aliphatic heterocycles. The van der Waals surface area contributed by atoms with Gasteiger partial charge in [0.1, 0.15) is 6.61 Å². The third-order valence-electron chi connectivity index (χ3n) is 5.65. The van der Waals surface area contributed by atoms with E-state index in [2.05, 4.69) is 9.68 Å². The largest absolute Gasteiger partial charge is 0.469 e. The molecule has 0 radical (unpaired) electrons. The van der Waals surface area contributed by atoms with Gasteiger partial charge in [-0.2, -0.15) is 13.2 Å². The molecule has 0 heterocycles. The lowest BCUT2D eigenvalue weighted by Crippen LogP contribution is -2.41. The van der Waals surface area contributed by atoms with Crippen LogP contribution in [0.3, 0.4) is 0 Å². The summed E-state index contributed by atoms with van der Waals surface area (Å²) in [6, 6.07) is 12.5. The molecule has 1 saturated carbocycles. The van der Waals surface area contributed by atoms with Crippen molar-refractivity contribution in [2.45, 2.75) is 50.4 Å². The lowest BCUT2D eigenvalue weighted by atomic mass is 9.93. The first kappa shape index (κ1) is 25.4. The molecule has 0 aromatic heterocycles. The Labute approximate surface area is 189 Å². The summed E-state index contributed by atoms with van der Waals surface area (Å²) in [7, 11) is -4.56. The van der Waals surface area contributed by atoms with Crippen molar-refractivity contribution in [1.29, 1.82) is 0 Å². The zero-order valence-corrected chi connectivity index (χ0v) is 18.9. The zero-order chi connectivity index (χ0) is 24.3. The predicted molar refractivity (Wildman–Crippen MR) is 116 cm³/mol. The van der Waals surface area contributed by atoms with E-state index in [1.165, 1.54) is 6.07 Å². The number of hydrogen-bond donors (Lipinski definition) is 3. The number of nitrogens with zero attached hydrogens (tertiary/aromatic N) is 1. The fourth-order valence-electron chi connectivity index (χ4n) is 3.88. The summed E-state index contributed by atoms with van der Waals surface area (Å²) in [5.41, 5.74) is 7.49. The Morgan fingerprint density at radius 2 is 1.94 bits per heavy atom. The number of phosphoric ester groups is 1. The minimum Gasteiger partial charge on any atom is -0.391 e. The van der Waals surface area contributed by atoms with Crippen LogP contribution in [0.25, 0.3) is 0 Å². The van der Waals surface area contributed by atoms with Gasteiger partial charge >= 0.3 is 14.0 Å². The van der Waals surface area contributed by atoms with Crippen LogP contribution in [0.15, 0.2) is 53.7 Å². The van der Waals surface area contributed by atoms with Crippen molar-refractivity contribution in [1.82, 2.24) is 0 Å². The molecule has 33 heavy (non-hydrogen) atoms. The van der Waals surface area contributed by atoms with Gasteiger partial charge in [-0.25, -0.2) is 4.57 Å². The average Bonchev–Trinajstić information content (AvgIpc) is 3.14. The van der Waals surface area contributed by atoms with E-state index < -0.39 is 25.1 Å². The molecule has 2 aromatic carbocycles. The Hall–Kier alpha value is -2.23. The van der Waals surface area contributed by atoms with Crippen molar-refractivity contribution in [3.8, 4) is 0 Å². The van der Waals surface area contributed by atoms with E-state index in [0.717, 1.165) is 29.7 Å². The first-order valence-corrected chi connectivity index (χ1v) is 11.8. The van der Waals surface area contributed by atoms with Gasteiger partial charge < -0.3 is 20.4 Å². The van der Waals surface area contributed by atoms with E-state index in [9.17, 15) is 17.7 Å². The SMILES string of the molecule is C/C(=N\OCc1cccc(C(F)(F)F)c1)c1ccc([C@@H]2CC[C@](N)(COP(=O)(O)O)C2)cc1. The lowest BCUT2D eigenvalue weighted by molar-refractivity contribution is -0.137. The van der Waals surface area contributed by atoms with Crippen LogP contribution in [-0.2, 0) is 26.7 Å². The van der Waals surface area contributed by atoms with Gasteiger partial charge in [0.2, 0.25) is 0 Å². The van der Waals surface area contributed by atoms with Crippen molar-refractivity contribution in [3.63, 3.8) is 0 Å². The van der Waals surface area contributed by atoms with Gasteiger partial charge in [0.05, 0.1) is 17.9 Å². The molecule has 2 atom stereocenters. The monoisotopic (exact) mass is 486 g/mol. The van der Waals surface area contributed by atoms with Gasteiger partial charge in [-0.05, 0) is 60.9 Å². The van der Waals surface area contributed by atoms with Gasteiger partial charge in [-0.15, -0.1) is 0 Å². The van der Waals surface area contributed by atoms with Crippen molar-refractivity contribution in [2.75, 3.05) is 6.61 Å². The summed E-state index contributed by atoms with van der Waals surface area (Å²) in [4.78, 5) is 23.0. The Kier molecular flexibility index (Phi) is 7.65. The van der Waals surface area contributed by atoms with Crippen LogP contribution < -0.4 is 5.73 Å². The molecule has 0 amide bonds. The van der Waals surface area contributed by atoms with E-state index in [0.29, 0.717) is 24.1 Å². The summed E-state index contributed by atoms with van der Waals surface area (Å²) < 4.78 is 53.9. The Balaban J connectivity index is 1.56. The van der Waals surface area contributed by atoms with Crippen LogP contribution >= 0.6 is 7.82 Å². The quantitative estimate of drug-likeness (QED) is 0.283. The molecule has 1 aliphatic rings. The second kappa shape index (κ2) is 9.95. The minimum atomic E-state index is -4.56. The molecule has 0 saturated heterocycles. The molecule has 11 heteroatoms. The number of hydrogen-bond acceptors (Lipinski definition) is 5. The smallest absolute Gasteiger partial charge is 0.391 e. The maximum absolute atomic E-state index is 12.8. The maximum atomic E-state index is 12.8. The van der Waals surface area contributed by atoms with Crippen LogP contribution in [0, 0.1) is 0 Å². The average molecular weight is 486 g/mol. The normalized spacial score (nSPS) is 21.9. The molecule has 180 valence electrons. The molecule has 2 aromatic rings. The van der Waals surface area contributed by atoms with Crippen LogP contribution in [-0.4, -0.2) is 27.6 Å². The van der Waals surface area contributed by atoms with E-state index in [4.69, 9.17) is 20.4 Å². The molecule has 3 rings (SSSR count). The van der Waals surface area contributed by atoms with Gasteiger partial charge in [0, 0.05) is 5.54 Å². The van der Waals surface area contributed by atoms with Gasteiger partial charge in [-0.3, -0.25) is 4.52 Å². The highest BCUT2D eigenvalue weighted by atomic mass is 31.2. The number of alkyl halides is 3. The van der Waals surface area contributed by atoms with Crippen LogP contribution in [0.5, 0.6) is 0 Å². The molecule has 7 nitrogen and oxygen atoms in total. The fraction of sp³-hybridized carbons (Fsp3) is 0.409. The van der Waals surface area contributed by atoms with Gasteiger partial charge in [0.15, 0.2) is 0 Å². The number of benzene rings is 2. The van der Waals surface area contributed by atoms with E-state index in [1.807, 2.05) is 24.3 Å². The maximum Gasteiger partial charge on any atom is 0.469 e. The summed E-state index contributed by atoms with van der Waals surface area (Å²) in [6.45, 7) is 1.44. The van der Waals surface area contributed by atoms with Gasteiger partial charge in [0.25, 0.3) is 0 Å². The van der Waals surface area contributed by atoms with E-state index in [-0.39, 0.29) is 19.1 Å². The molecular formula is C22H26F3N2O5P. The Morgan fingerprint density at radius 3 is 2.58 bits per heavy atom. The molecule has 1 fully saturated rings. The zero-order valence-electron chi connectivity index (χ0n) is 18.0. The highest BCUT2D eigenvalue weighted by molar-refractivity contribution is 7.46. The topological polar surface area (TPSA) is 114 Å². The van der Waals surface area contributed by atoms with E-state index >= 15 is 0 Å². The second-order valence-corrected chi connectivity index (χ2v) is 9.58. The Morgan fingerprint density at radius 1 is 1.24 bits per heavy atom. The van der Waals surface area contributed by atoms with Crippen molar-refractivity contribution < 1.29 is 36.9 Å². The standard InChI is InChI=1S/C22H26F3N2O5P/c1-15(27-31-13-16-3-2-4-20(11-16)22(23,24)25)17-5-7-18(8-6-17)19-9-10-21(26,12-19)14-32-33(28,29)30/h2-8,11,19H,9-10,12-14,26H2,1H3,(H2,28,29,30)/b27-15+/t19-,21-/m1/s1. The molecule has 1 aliphatic carbocycles. The van der Waals surface area contributed by atoms with Crippen LogP contribution in [0.4, 0.5) is 13.2 Å². The number of phosphoric acid groups is 1. The molecule has 0 bridgehead atoms. The fourth-order valence-corrected chi connectivity index (χ4v) is 4.30. The molecular weight excluding hydrogens is 460 g/mol. The Bertz CT molecular complexity index is 1040. The number of oxime groups is 1. The number of nitrogens with two attached hydrogens (primary N) is 1. The number of halogens is 3. The lowest BCUT2D eigenvalue weighted by Gasteiger charge is -2.24. The third kappa shape index (κ3) is 7.38. The summed E-state index contributed by atoms with van der Waals surface area (Å²) in [6.07, 6.45) is -2.51.